The SMILES string of the molecule is CN1CCCC[C@@H](C(=O)N(CCN)Cc2cccc(Cl)c2)C1=O.Cl. The molecular weight excluding hydrogens is 349 g/mol. The first-order chi connectivity index (χ1) is 11.0. The van der Waals surface area contributed by atoms with Gasteiger partial charge in [0.1, 0.15) is 5.92 Å². The van der Waals surface area contributed by atoms with Crippen LogP contribution in [0, 0.1) is 5.92 Å². The number of amides is 2. The number of halogens is 2. The van der Waals surface area contributed by atoms with Crippen LogP contribution in [0.1, 0.15) is 24.8 Å². The maximum absolute atomic E-state index is 12.9. The average molecular weight is 374 g/mol. The maximum atomic E-state index is 12.9. The van der Waals surface area contributed by atoms with Gasteiger partial charge >= 0.3 is 0 Å². The molecule has 1 heterocycles. The second kappa shape index (κ2) is 9.87. The lowest BCUT2D eigenvalue weighted by molar-refractivity contribution is -0.146. The molecule has 2 N–H and O–H groups in total. The molecule has 24 heavy (non-hydrogen) atoms. The lowest BCUT2D eigenvalue weighted by Gasteiger charge is -2.27. The molecule has 7 heteroatoms. The Morgan fingerprint density at radius 2 is 2.17 bits per heavy atom. The highest BCUT2D eigenvalue weighted by Gasteiger charge is 2.33. The molecule has 1 aromatic carbocycles. The minimum absolute atomic E-state index is 0. The van der Waals surface area contributed by atoms with Gasteiger partial charge in [0, 0.05) is 38.2 Å². The number of hydrogen-bond acceptors (Lipinski definition) is 3. The van der Waals surface area contributed by atoms with Crippen LogP contribution in [0.2, 0.25) is 5.02 Å². The molecule has 1 atom stereocenters. The predicted molar refractivity (Wildman–Crippen MR) is 98.1 cm³/mol. The first-order valence-electron chi connectivity index (χ1n) is 8.01. The van der Waals surface area contributed by atoms with Crippen molar-refractivity contribution in [3.05, 3.63) is 34.9 Å². The van der Waals surface area contributed by atoms with E-state index in [1.807, 2.05) is 18.2 Å². The van der Waals surface area contributed by atoms with Crippen molar-refractivity contribution in [3.63, 3.8) is 0 Å². The number of carbonyl (C=O) groups excluding carboxylic acids is 2. The summed E-state index contributed by atoms with van der Waals surface area (Å²) in [6.45, 7) is 1.93. The van der Waals surface area contributed by atoms with Gasteiger partial charge in [0.05, 0.1) is 0 Å². The summed E-state index contributed by atoms with van der Waals surface area (Å²) in [5.41, 5.74) is 6.60. The normalized spacial score (nSPS) is 17.9. The van der Waals surface area contributed by atoms with Crippen molar-refractivity contribution in [2.75, 3.05) is 26.7 Å². The smallest absolute Gasteiger partial charge is 0.235 e. The molecule has 5 nitrogen and oxygen atoms in total. The van der Waals surface area contributed by atoms with E-state index < -0.39 is 5.92 Å². The van der Waals surface area contributed by atoms with E-state index in [1.165, 1.54) is 0 Å². The van der Waals surface area contributed by atoms with Crippen LogP contribution in [0.15, 0.2) is 24.3 Å². The summed E-state index contributed by atoms with van der Waals surface area (Å²) in [5, 5.41) is 0.632. The summed E-state index contributed by atoms with van der Waals surface area (Å²) in [4.78, 5) is 28.6. The number of benzene rings is 1. The molecule has 1 aliphatic rings. The summed E-state index contributed by atoms with van der Waals surface area (Å²) in [6.07, 6.45) is 2.44. The van der Waals surface area contributed by atoms with E-state index in [2.05, 4.69) is 0 Å². The van der Waals surface area contributed by atoms with Gasteiger partial charge in [-0.3, -0.25) is 9.59 Å². The third-order valence-electron chi connectivity index (χ3n) is 4.18. The van der Waals surface area contributed by atoms with Gasteiger partial charge < -0.3 is 15.5 Å². The molecule has 0 radical (unpaired) electrons. The van der Waals surface area contributed by atoms with Gasteiger partial charge in [-0.2, -0.15) is 0 Å². The lowest BCUT2D eigenvalue weighted by Crippen LogP contribution is -2.44. The van der Waals surface area contributed by atoms with Crippen molar-refractivity contribution in [2.45, 2.75) is 25.8 Å². The number of likely N-dealkylation sites (tertiary alicyclic amines) is 1. The zero-order valence-electron chi connectivity index (χ0n) is 13.9. The molecule has 0 spiro atoms. The number of carbonyl (C=O) groups is 2. The molecule has 1 saturated heterocycles. The van der Waals surface area contributed by atoms with Gasteiger partial charge in [-0.05, 0) is 30.5 Å². The van der Waals surface area contributed by atoms with Crippen LogP contribution in [0.3, 0.4) is 0 Å². The predicted octanol–water partition coefficient (Wildman–Crippen LogP) is 2.31. The van der Waals surface area contributed by atoms with Crippen LogP contribution >= 0.6 is 24.0 Å². The summed E-state index contributed by atoms with van der Waals surface area (Å²) >= 11 is 6.01. The van der Waals surface area contributed by atoms with Crippen molar-refractivity contribution in [3.8, 4) is 0 Å². The van der Waals surface area contributed by atoms with Crippen molar-refractivity contribution in [1.29, 1.82) is 0 Å². The van der Waals surface area contributed by atoms with Gasteiger partial charge in [-0.15, -0.1) is 12.4 Å². The fourth-order valence-corrected chi connectivity index (χ4v) is 3.14. The summed E-state index contributed by atoms with van der Waals surface area (Å²) in [7, 11) is 1.76. The minimum Gasteiger partial charge on any atom is -0.345 e. The van der Waals surface area contributed by atoms with Crippen LogP contribution in [0.25, 0.3) is 0 Å². The quantitative estimate of drug-likeness (QED) is 0.805. The Hall–Kier alpha value is -1.30. The fourth-order valence-electron chi connectivity index (χ4n) is 2.93. The largest absolute Gasteiger partial charge is 0.345 e. The van der Waals surface area contributed by atoms with Crippen molar-refractivity contribution < 1.29 is 9.59 Å². The molecule has 0 unspecified atom stereocenters. The second-order valence-electron chi connectivity index (χ2n) is 5.99. The van der Waals surface area contributed by atoms with E-state index in [1.54, 1.807) is 22.9 Å². The Bertz CT molecular complexity index is 569. The van der Waals surface area contributed by atoms with E-state index in [4.69, 9.17) is 17.3 Å². The Kier molecular flexibility index (Phi) is 8.53. The number of rotatable bonds is 5. The third-order valence-corrected chi connectivity index (χ3v) is 4.42. The summed E-state index contributed by atoms with van der Waals surface area (Å²) in [6, 6.07) is 7.40. The molecule has 0 saturated carbocycles. The van der Waals surface area contributed by atoms with Crippen molar-refractivity contribution in [2.24, 2.45) is 11.7 Å². The zero-order valence-corrected chi connectivity index (χ0v) is 15.5. The summed E-state index contributed by atoms with van der Waals surface area (Å²) in [5.74, 6) is -0.803. The number of nitrogens with two attached hydrogens (primary N) is 1. The Balaban J connectivity index is 0.00000288. The second-order valence-corrected chi connectivity index (χ2v) is 6.42. The Labute approximate surface area is 154 Å². The van der Waals surface area contributed by atoms with Gasteiger partial charge in [-0.1, -0.05) is 30.2 Å². The Morgan fingerprint density at radius 1 is 1.42 bits per heavy atom. The van der Waals surface area contributed by atoms with E-state index in [0.29, 0.717) is 37.6 Å². The van der Waals surface area contributed by atoms with E-state index in [-0.39, 0.29) is 24.2 Å². The number of hydrogen-bond donors (Lipinski definition) is 1. The molecule has 1 aromatic rings. The van der Waals surface area contributed by atoms with Crippen molar-refractivity contribution >= 4 is 35.8 Å². The fraction of sp³-hybridized carbons (Fsp3) is 0.529. The minimum atomic E-state index is -0.590. The zero-order chi connectivity index (χ0) is 16.8. The maximum Gasteiger partial charge on any atom is 0.235 e. The standard InChI is InChI=1S/C17H24ClN3O2.ClH/c1-20-9-3-2-7-15(16(20)22)17(23)21(10-8-19)12-13-5-4-6-14(18)11-13;/h4-6,11,15H,2-3,7-10,12,19H2,1H3;1H/t15-;/m1./s1. The highest BCUT2D eigenvalue weighted by atomic mass is 35.5. The van der Waals surface area contributed by atoms with Gasteiger partial charge in [0.15, 0.2) is 0 Å². The first-order valence-corrected chi connectivity index (χ1v) is 8.39. The number of nitrogens with zero attached hydrogens (tertiary/aromatic N) is 2. The molecular formula is C17H25Cl2N3O2. The Morgan fingerprint density at radius 3 is 2.83 bits per heavy atom. The van der Waals surface area contributed by atoms with Crippen LogP contribution in [0.5, 0.6) is 0 Å². The van der Waals surface area contributed by atoms with Gasteiger partial charge in [-0.25, -0.2) is 0 Å². The van der Waals surface area contributed by atoms with E-state index >= 15 is 0 Å². The van der Waals surface area contributed by atoms with Gasteiger partial charge in [0.2, 0.25) is 11.8 Å². The summed E-state index contributed by atoms with van der Waals surface area (Å²) < 4.78 is 0. The monoisotopic (exact) mass is 373 g/mol. The van der Waals surface area contributed by atoms with Crippen LogP contribution < -0.4 is 5.73 Å². The van der Waals surface area contributed by atoms with E-state index in [0.717, 1.165) is 18.4 Å². The van der Waals surface area contributed by atoms with Crippen LogP contribution in [0.4, 0.5) is 0 Å². The molecule has 0 aliphatic carbocycles. The van der Waals surface area contributed by atoms with Crippen molar-refractivity contribution in [1.82, 2.24) is 9.80 Å². The average Bonchev–Trinajstić information content (AvgIpc) is 2.69. The van der Waals surface area contributed by atoms with E-state index in [9.17, 15) is 9.59 Å². The van der Waals surface area contributed by atoms with Crippen LogP contribution in [-0.4, -0.2) is 48.3 Å². The van der Waals surface area contributed by atoms with Gasteiger partial charge in [0.25, 0.3) is 0 Å². The molecule has 2 amide bonds. The molecule has 1 aliphatic heterocycles. The highest BCUT2D eigenvalue weighted by Crippen LogP contribution is 2.21. The highest BCUT2D eigenvalue weighted by molar-refractivity contribution is 6.30. The molecule has 134 valence electrons. The molecule has 2 rings (SSSR count). The molecule has 0 aromatic heterocycles. The lowest BCUT2D eigenvalue weighted by atomic mass is 10.0. The van der Waals surface area contributed by atoms with Crippen LogP contribution in [-0.2, 0) is 16.1 Å². The third kappa shape index (κ3) is 5.36. The topological polar surface area (TPSA) is 66.6 Å². The molecule has 1 fully saturated rings. The molecule has 0 bridgehead atoms. The first kappa shape index (κ1) is 20.7.